The summed E-state index contributed by atoms with van der Waals surface area (Å²) in [5.74, 6) is -0.220. The van der Waals surface area contributed by atoms with Crippen LogP contribution in [-0.2, 0) is 22.6 Å². The second-order valence-corrected chi connectivity index (χ2v) is 5.96. The van der Waals surface area contributed by atoms with Crippen molar-refractivity contribution in [1.82, 2.24) is 10.2 Å². The van der Waals surface area contributed by atoms with Gasteiger partial charge in [-0.15, -0.1) is 0 Å². The van der Waals surface area contributed by atoms with Gasteiger partial charge in [-0.05, 0) is 25.0 Å². The lowest BCUT2D eigenvalue weighted by molar-refractivity contribution is -0.139. The first kappa shape index (κ1) is 17.7. The molecule has 24 heavy (non-hydrogen) atoms. The van der Waals surface area contributed by atoms with Crippen molar-refractivity contribution in [1.29, 1.82) is 0 Å². The fourth-order valence-corrected chi connectivity index (χ4v) is 2.67. The molecule has 0 aliphatic heterocycles. The zero-order valence-corrected chi connectivity index (χ0v) is 14.5. The molecule has 126 valence electrons. The molecule has 0 saturated heterocycles. The fourth-order valence-electron chi connectivity index (χ4n) is 2.67. The van der Waals surface area contributed by atoms with Crippen molar-refractivity contribution in [3.05, 3.63) is 71.3 Å². The number of hydrogen-bond acceptors (Lipinski definition) is 2. The number of benzene rings is 2. The van der Waals surface area contributed by atoms with Gasteiger partial charge in [-0.25, -0.2) is 0 Å². The number of amides is 2. The number of nitrogens with one attached hydrogen (secondary N) is 1. The second kappa shape index (κ2) is 8.29. The molecule has 0 spiro atoms. The summed E-state index contributed by atoms with van der Waals surface area (Å²) in [5, 5.41) is 2.63. The number of hydrogen-bond donors (Lipinski definition) is 1. The Balaban J connectivity index is 2.21. The van der Waals surface area contributed by atoms with Gasteiger partial charge in [-0.1, -0.05) is 60.2 Å². The minimum atomic E-state index is -0.522. The van der Waals surface area contributed by atoms with Crippen LogP contribution in [0.4, 0.5) is 0 Å². The number of aryl methyl sites for hydroxylation is 1. The van der Waals surface area contributed by atoms with Gasteiger partial charge in [0, 0.05) is 13.6 Å². The molecule has 0 fully saturated rings. The molecule has 4 nitrogen and oxygen atoms in total. The fraction of sp³-hybridized carbons (Fsp3) is 0.300. The number of carbonyl (C=O) groups excluding carboxylic acids is 2. The van der Waals surface area contributed by atoms with Gasteiger partial charge in [0.05, 0.1) is 6.42 Å². The zero-order chi connectivity index (χ0) is 17.5. The Morgan fingerprint density at radius 2 is 1.71 bits per heavy atom. The summed E-state index contributed by atoms with van der Waals surface area (Å²) in [6.07, 6.45) is 0.286. The lowest BCUT2D eigenvalue weighted by Crippen LogP contribution is -2.47. The molecule has 0 heterocycles. The van der Waals surface area contributed by atoms with Gasteiger partial charge < -0.3 is 10.2 Å². The number of likely N-dealkylation sites (N-methyl/N-ethyl adjacent to an activating group) is 1. The Kier molecular flexibility index (Phi) is 6.13. The molecule has 2 amide bonds. The van der Waals surface area contributed by atoms with E-state index in [1.54, 1.807) is 18.9 Å². The SMILES string of the molecule is CNC(=O)C(C)N(Cc1cccc(C)c1)C(=O)Cc1ccccc1. The molecule has 0 aliphatic carbocycles. The average Bonchev–Trinajstić information content (AvgIpc) is 2.59. The first-order chi connectivity index (χ1) is 11.5. The Morgan fingerprint density at radius 1 is 1.04 bits per heavy atom. The Morgan fingerprint density at radius 3 is 2.33 bits per heavy atom. The third-order valence-corrected chi connectivity index (χ3v) is 4.05. The molecule has 0 aliphatic rings. The molecule has 2 aromatic carbocycles. The predicted molar refractivity (Wildman–Crippen MR) is 95.4 cm³/mol. The highest BCUT2D eigenvalue weighted by molar-refractivity contribution is 5.88. The molecular weight excluding hydrogens is 300 g/mol. The van der Waals surface area contributed by atoms with Crippen LogP contribution in [0.5, 0.6) is 0 Å². The van der Waals surface area contributed by atoms with Crippen molar-refractivity contribution >= 4 is 11.8 Å². The first-order valence-corrected chi connectivity index (χ1v) is 8.12. The molecule has 1 unspecified atom stereocenters. The van der Waals surface area contributed by atoms with Gasteiger partial charge >= 0.3 is 0 Å². The summed E-state index contributed by atoms with van der Waals surface area (Å²) < 4.78 is 0. The van der Waals surface area contributed by atoms with E-state index in [4.69, 9.17) is 0 Å². The van der Waals surface area contributed by atoms with E-state index in [1.807, 2.05) is 61.5 Å². The standard InChI is InChI=1S/C20H24N2O2/c1-15-8-7-11-18(12-15)14-22(16(2)20(24)21-3)19(23)13-17-9-5-4-6-10-17/h4-12,16H,13-14H2,1-3H3,(H,21,24). The molecule has 1 atom stereocenters. The van der Waals surface area contributed by atoms with Crippen LogP contribution < -0.4 is 5.32 Å². The van der Waals surface area contributed by atoms with Gasteiger partial charge in [0.1, 0.15) is 6.04 Å². The maximum Gasteiger partial charge on any atom is 0.242 e. The summed E-state index contributed by atoms with van der Waals surface area (Å²) >= 11 is 0. The molecule has 0 radical (unpaired) electrons. The van der Waals surface area contributed by atoms with E-state index in [2.05, 4.69) is 5.32 Å². The topological polar surface area (TPSA) is 49.4 Å². The number of rotatable bonds is 6. The van der Waals surface area contributed by atoms with Crippen LogP contribution in [-0.4, -0.2) is 29.8 Å². The van der Waals surface area contributed by atoms with E-state index >= 15 is 0 Å². The van der Waals surface area contributed by atoms with E-state index < -0.39 is 6.04 Å². The molecule has 2 aromatic rings. The van der Waals surface area contributed by atoms with E-state index in [0.717, 1.165) is 16.7 Å². The first-order valence-electron chi connectivity index (χ1n) is 8.12. The highest BCUT2D eigenvalue weighted by atomic mass is 16.2. The van der Waals surface area contributed by atoms with Crippen LogP contribution >= 0.6 is 0 Å². The van der Waals surface area contributed by atoms with Crippen molar-refractivity contribution in [2.24, 2.45) is 0 Å². The minimum absolute atomic E-state index is 0.0567. The van der Waals surface area contributed by atoms with Gasteiger partial charge in [0.25, 0.3) is 0 Å². The van der Waals surface area contributed by atoms with Crippen LogP contribution in [0.15, 0.2) is 54.6 Å². The highest BCUT2D eigenvalue weighted by Gasteiger charge is 2.25. The molecular formula is C20H24N2O2. The Hall–Kier alpha value is -2.62. The van der Waals surface area contributed by atoms with Crippen LogP contribution in [0.3, 0.4) is 0 Å². The lowest BCUT2D eigenvalue weighted by Gasteiger charge is -2.28. The van der Waals surface area contributed by atoms with E-state index in [-0.39, 0.29) is 18.2 Å². The van der Waals surface area contributed by atoms with Crippen molar-refractivity contribution in [3.8, 4) is 0 Å². The van der Waals surface area contributed by atoms with Gasteiger partial charge in [0.15, 0.2) is 0 Å². The summed E-state index contributed by atoms with van der Waals surface area (Å²) in [6.45, 7) is 4.20. The molecule has 0 saturated carbocycles. The van der Waals surface area contributed by atoms with E-state index in [1.165, 1.54) is 0 Å². The van der Waals surface area contributed by atoms with Crippen LogP contribution in [0, 0.1) is 6.92 Å². The summed E-state index contributed by atoms with van der Waals surface area (Å²) in [4.78, 5) is 26.5. The van der Waals surface area contributed by atoms with Crippen LogP contribution in [0.2, 0.25) is 0 Å². The van der Waals surface area contributed by atoms with Crippen molar-refractivity contribution in [2.75, 3.05) is 7.05 Å². The predicted octanol–water partition coefficient (Wildman–Crippen LogP) is 2.70. The minimum Gasteiger partial charge on any atom is -0.357 e. The maximum atomic E-state index is 12.8. The normalized spacial score (nSPS) is 11.6. The molecule has 4 heteroatoms. The largest absolute Gasteiger partial charge is 0.357 e. The zero-order valence-electron chi connectivity index (χ0n) is 14.5. The van der Waals surface area contributed by atoms with Crippen molar-refractivity contribution < 1.29 is 9.59 Å². The maximum absolute atomic E-state index is 12.8. The number of nitrogens with zero attached hydrogens (tertiary/aromatic N) is 1. The Bertz CT molecular complexity index is 698. The quantitative estimate of drug-likeness (QED) is 0.888. The average molecular weight is 324 g/mol. The van der Waals surface area contributed by atoms with Crippen molar-refractivity contribution in [3.63, 3.8) is 0 Å². The van der Waals surface area contributed by atoms with Crippen LogP contribution in [0.25, 0.3) is 0 Å². The molecule has 1 N–H and O–H groups in total. The molecule has 0 bridgehead atoms. The highest BCUT2D eigenvalue weighted by Crippen LogP contribution is 2.13. The number of carbonyl (C=O) groups is 2. The van der Waals surface area contributed by atoms with Gasteiger partial charge in [-0.3, -0.25) is 9.59 Å². The van der Waals surface area contributed by atoms with Crippen molar-refractivity contribution in [2.45, 2.75) is 32.9 Å². The second-order valence-electron chi connectivity index (χ2n) is 5.96. The lowest BCUT2D eigenvalue weighted by atomic mass is 10.1. The third-order valence-electron chi connectivity index (χ3n) is 4.05. The monoisotopic (exact) mass is 324 g/mol. The summed E-state index contributed by atoms with van der Waals surface area (Å²) in [7, 11) is 1.59. The smallest absolute Gasteiger partial charge is 0.242 e. The molecule has 2 rings (SSSR count). The third kappa shape index (κ3) is 4.69. The van der Waals surface area contributed by atoms with Gasteiger partial charge in [0.2, 0.25) is 11.8 Å². The van der Waals surface area contributed by atoms with Gasteiger partial charge in [-0.2, -0.15) is 0 Å². The Labute approximate surface area is 143 Å². The summed E-state index contributed by atoms with van der Waals surface area (Å²) in [6, 6.07) is 17.1. The summed E-state index contributed by atoms with van der Waals surface area (Å²) in [5.41, 5.74) is 3.10. The van der Waals surface area contributed by atoms with Crippen LogP contribution in [0.1, 0.15) is 23.6 Å². The molecule has 0 aromatic heterocycles. The van der Waals surface area contributed by atoms with E-state index in [9.17, 15) is 9.59 Å². The van der Waals surface area contributed by atoms with E-state index in [0.29, 0.717) is 6.54 Å².